The summed E-state index contributed by atoms with van der Waals surface area (Å²) in [5, 5.41) is 4.16. The van der Waals surface area contributed by atoms with E-state index in [4.69, 9.17) is 0 Å². The fraction of sp³-hybridized carbons (Fsp3) is 0.286. The number of hydrogen-bond acceptors (Lipinski definition) is 5. The highest BCUT2D eigenvalue weighted by atomic mass is 32.2. The number of hydrogen-bond donors (Lipinski definition) is 1. The maximum Gasteiger partial charge on any atom is 0.261 e. The molecule has 1 aliphatic rings. The number of halogens is 1. The summed E-state index contributed by atoms with van der Waals surface area (Å²) in [4.78, 5) is 18.5. The molecule has 162 valence electrons. The summed E-state index contributed by atoms with van der Waals surface area (Å²) >= 11 is 0. The van der Waals surface area contributed by atoms with E-state index in [0.29, 0.717) is 24.2 Å². The Balaban J connectivity index is 1.45. The van der Waals surface area contributed by atoms with Crippen molar-refractivity contribution >= 4 is 21.6 Å². The fourth-order valence-corrected chi connectivity index (χ4v) is 4.65. The quantitative estimate of drug-likeness (QED) is 0.654. The summed E-state index contributed by atoms with van der Waals surface area (Å²) in [5.41, 5.74) is 0.984. The van der Waals surface area contributed by atoms with Gasteiger partial charge < -0.3 is 4.90 Å². The number of nitrogens with one attached hydrogen (secondary N) is 1. The summed E-state index contributed by atoms with van der Waals surface area (Å²) in [7, 11) is -3.98. The van der Waals surface area contributed by atoms with Gasteiger partial charge in [-0.2, -0.15) is 5.10 Å². The molecule has 1 N–H and O–H groups in total. The molecule has 0 spiro atoms. The van der Waals surface area contributed by atoms with Crippen LogP contribution in [-0.4, -0.2) is 47.1 Å². The van der Waals surface area contributed by atoms with Crippen molar-refractivity contribution in [3.63, 3.8) is 0 Å². The minimum absolute atomic E-state index is 0.167. The minimum Gasteiger partial charge on any atom is -0.338 e. The highest BCUT2D eigenvalue weighted by Gasteiger charge is 2.25. The minimum atomic E-state index is -3.98. The zero-order valence-corrected chi connectivity index (χ0v) is 17.7. The Kier molecular flexibility index (Phi) is 5.73. The number of aryl methyl sites for hydroxylation is 1. The van der Waals surface area contributed by atoms with Gasteiger partial charge in [-0.15, -0.1) is 0 Å². The number of sulfonamides is 1. The molecule has 1 saturated heterocycles. The lowest BCUT2D eigenvalue weighted by Crippen LogP contribution is -2.39. The van der Waals surface area contributed by atoms with E-state index in [2.05, 4.69) is 14.8 Å². The first-order chi connectivity index (χ1) is 14.8. The lowest BCUT2D eigenvalue weighted by atomic mass is 10.0. The molecule has 4 rings (SSSR count). The van der Waals surface area contributed by atoms with Crippen LogP contribution in [0.15, 0.2) is 60.0 Å². The van der Waals surface area contributed by atoms with Crippen molar-refractivity contribution in [2.24, 2.45) is 0 Å². The number of piperidine rings is 1. The predicted molar refractivity (Wildman–Crippen MR) is 113 cm³/mol. The number of anilines is 1. The van der Waals surface area contributed by atoms with Crippen molar-refractivity contribution in [3.05, 3.63) is 72.1 Å². The Morgan fingerprint density at radius 1 is 1.16 bits per heavy atom. The molecule has 1 amide bonds. The van der Waals surface area contributed by atoms with Crippen LogP contribution >= 0.6 is 0 Å². The van der Waals surface area contributed by atoms with Gasteiger partial charge in [0.15, 0.2) is 0 Å². The lowest BCUT2D eigenvalue weighted by molar-refractivity contribution is 0.0690. The SMILES string of the molecule is Cc1ccc(S(=O)(=O)Nc2cccc(C(=O)N3CCC(n4cncn4)CC3)c2)cc1F. The van der Waals surface area contributed by atoms with Gasteiger partial charge in [-0.05, 0) is 55.7 Å². The number of likely N-dealkylation sites (tertiary alicyclic amines) is 1. The molecule has 1 aromatic heterocycles. The normalized spacial score (nSPS) is 15.1. The number of aromatic nitrogens is 3. The van der Waals surface area contributed by atoms with Crippen molar-refractivity contribution in [1.82, 2.24) is 19.7 Å². The third-order valence-corrected chi connectivity index (χ3v) is 6.76. The molecule has 0 bridgehead atoms. The Hall–Kier alpha value is -3.27. The maximum atomic E-state index is 13.8. The van der Waals surface area contributed by atoms with Crippen LogP contribution in [0.5, 0.6) is 0 Å². The molecule has 2 heterocycles. The van der Waals surface area contributed by atoms with E-state index in [0.717, 1.165) is 18.9 Å². The molecular formula is C21H22FN5O3S. The van der Waals surface area contributed by atoms with Crippen LogP contribution in [0.3, 0.4) is 0 Å². The molecule has 10 heteroatoms. The number of carbonyl (C=O) groups excluding carboxylic acids is 1. The van der Waals surface area contributed by atoms with Crippen molar-refractivity contribution in [2.45, 2.75) is 30.7 Å². The largest absolute Gasteiger partial charge is 0.338 e. The van der Waals surface area contributed by atoms with Crippen LogP contribution < -0.4 is 4.72 Å². The van der Waals surface area contributed by atoms with Gasteiger partial charge in [-0.1, -0.05) is 12.1 Å². The average Bonchev–Trinajstić information content (AvgIpc) is 3.30. The molecule has 0 aliphatic carbocycles. The lowest BCUT2D eigenvalue weighted by Gasteiger charge is -2.32. The second kappa shape index (κ2) is 8.46. The molecule has 0 radical (unpaired) electrons. The second-order valence-electron chi connectivity index (χ2n) is 7.50. The number of carbonyl (C=O) groups is 1. The van der Waals surface area contributed by atoms with Gasteiger partial charge in [0.05, 0.1) is 10.9 Å². The molecule has 2 aromatic carbocycles. The van der Waals surface area contributed by atoms with Gasteiger partial charge >= 0.3 is 0 Å². The van der Waals surface area contributed by atoms with Gasteiger partial charge in [0, 0.05) is 24.3 Å². The first-order valence-electron chi connectivity index (χ1n) is 9.86. The van der Waals surface area contributed by atoms with Gasteiger partial charge in [0.1, 0.15) is 18.5 Å². The topological polar surface area (TPSA) is 97.2 Å². The van der Waals surface area contributed by atoms with Gasteiger partial charge in [0.2, 0.25) is 0 Å². The summed E-state index contributed by atoms with van der Waals surface area (Å²) < 4.78 is 43.2. The van der Waals surface area contributed by atoms with Crippen molar-refractivity contribution in [3.8, 4) is 0 Å². The zero-order chi connectivity index (χ0) is 22.0. The number of benzene rings is 2. The van der Waals surface area contributed by atoms with E-state index >= 15 is 0 Å². The molecule has 3 aromatic rings. The van der Waals surface area contributed by atoms with Crippen molar-refractivity contribution < 1.29 is 17.6 Å². The van der Waals surface area contributed by atoms with E-state index in [1.54, 1.807) is 36.4 Å². The van der Waals surface area contributed by atoms with E-state index < -0.39 is 15.8 Å². The summed E-state index contributed by atoms with van der Waals surface area (Å²) in [6.45, 7) is 2.70. The molecule has 1 fully saturated rings. The maximum absolute atomic E-state index is 13.8. The second-order valence-corrected chi connectivity index (χ2v) is 9.18. The summed E-state index contributed by atoms with van der Waals surface area (Å²) in [6, 6.07) is 10.2. The Labute approximate surface area is 179 Å². The fourth-order valence-electron chi connectivity index (χ4n) is 3.59. The zero-order valence-electron chi connectivity index (χ0n) is 16.9. The number of amides is 1. The standard InChI is InChI=1S/C21H22FN5O3S/c1-15-5-6-19(12-20(15)22)31(29,30)25-17-4-2-3-16(11-17)21(28)26-9-7-18(8-10-26)27-14-23-13-24-27/h2-6,11-14,18,25H,7-10H2,1H3. The van der Waals surface area contributed by atoms with E-state index in [1.165, 1.54) is 24.5 Å². The molecule has 8 nitrogen and oxygen atoms in total. The molecule has 0 unspecified atom stereocenters. The highest BCUT2D eigenvalue weighted by Crippen LogP contribution is 2.24. The van der Waals surface area contributed by atoms with Crippen LogP contribution in [0.4, 0.5) is 10.1 Å². The van der Waals surface area contributed by atoms with Crippen LogP contribution in [0, 0.1) is 12.7 Å². The summed E-state index contributed by atoms with van der Waals surface area (Å²) in [6.07, 6.45) is 4.70. The molecule has 0 atom stereocenters. The van der Waals surface area contributed by atoms with E-state index in [1.807, 2.05) is 4.68 Å². The van der Waals surface area contributed by atoms with Crippen molar-refractivity contribution in [1.29, 1.82) is 0 Å². The molecule has 1 aliphatic heterocycles. The third-order valence-electron chi connectivity index (χ3n) is 5.38. The van der Waals surface area contributed by atoms with Crippen LogP contribution in [-0.2, 0) is 10.0 Å². The number of rotatable bonds is 5. The van der Waals surface area contributed by atoms with Crippen LogP contribution in [0.1, 0.15) is 34.8 Å². The van der Waals surface area contributed by atoms with Gasteiger partial charge in [0.25, 0.3) is 15.9 Å². The molecule has 0 saturated carbocycles. The Morgan fingerprint density at radius 2 is 1.94 bits per heavy atom. The van der Waals surface area contributed by atoms with Gasteiger partial charge in [-0.25, -0.2) is 22.5 Å². The first kappa shape index (κ1) is 21.0. The highest BCUT2D eigenvalue weighted by molar-refractivity contribution is 7.92. The Morgan fingerprint density at radius 3 is 2.61 bits per heavy atom. The summed E-state index contributed by atoms with van der Waals surface area (Å²) in [5.74, 6) is -0.763. The van der Waals surface area contributed by atoms with Crippen molar-refractivity contribution in [2.75, 3.05) is 17.8 Å². The third kappa shape index (κ3) is 4.58. The Bertz CT molecular complexity index is 1190. The smallest absolute Gasteiger partial charge is 0.261 e. The molecule has 31 heavy (non-hydrogen) atoms. The average molecular weight is 444 g/mol. The van der Waals surface area contributed by atoms with Gasteiger partial charge in [-0.3, -0.25) is 9.52 Å². The van der Waals surface area contributed by atoms with Crippen LogP contribution in [0.2, 0.25) is 0 Å². The monoisotopic (exact) mass is 443 g/mol. The molecular weight excluding hydrogens is 421 g/mol. The van der Waals surface area contributed by atoms with E-state index in [-0.39, 0.29) is 22.5 Å². The predicted octanol–water partition coefficient (Wildman–Crippen LogP) is 3.00. The van der Waals surface area contributed by atoms with E-state index in [9.17, 15) is 17.6 Å². The first-order valence-corrected chi connectivity index (χ1v) is 11.3. The van der Waals surface area contributed by atoms with Crippen LogP contribution in [0.25, 0.3) is 0 Å². The number of nitrogens with zero attached hydrogens (tertiary/aromatic N) is 4.